The van der Waals surface area contributed by atoms with E-state index in [1.165, 1.54) is 34.8 Å². The standard InChI is InChI=1S/C27H29FN2O3S/c1-33-23-10-5-9-22(17-23)30(25(31)18-24-11-6-16-34-24)26(19-12-14-20(28)15-13-19)27(32)29-21-7-3-2-4-8-21/h5-6,9-17,21,26H,2-4,7-8,18H2,1H3,(H,29,32). The fourth-order valence-corrected chi connectivity index (χ4v) is 5.13. The van der Waals surface area contributed by atoms with Gasteiger partial charge in [-0.05, 0) is 54.1 Å². The average Bonchev–Trinajstić information content (AvgIpc) is 3.36. The summed E-state index contributed by atoms with van der Waals surface area (Å²) in [6.07, 6.45) is 5.31. The summed E-state index contributed by atoms with van der Waals surface area (Å²) in [7, 11) is 1.56. The third kappa shape index (κ3) is 5.83. The van der Waals surface area contributed by atoms with Crippen LogP contribution in [0.1, 0.15) is 48.6 Å². The number of benzene rings is 2. The van der Waals surface area contributed by atoms with Crippen LogP contribution in [0.4, 0.5) is 10.1 Å². The second-order valence-electron chi connectivity index (χ2n) is 8.52. The van der Waals surface area contributed by atoms with Gasteiger partial charge in [0, 0.05) is 22.7 Å². The molecule has 1 saturated carbocycles. The quantitative estimate of drug-likeness (QED) is 0.453. The number of carbonyl (C=O) groups excluding carboxylic acids is 2. The predicted octanol–water partition coefficient (Wildman–Crippen LogP) is 5.66. The molecule has 1 fully saturated rings. The summed E-state index contributed by atoms with van der Waals surface area (Å²) >= 11 is 1.50. The number of methoxy groups -OCH3 is 1. The molecule has 1 aliphatic rings. The Balaban J connectivity index is 1.75. The van der Waals surface area contributed by atoms with Crippen molar-refractivity contribution in [2.24, 2.45) is 0 Å². The third-order valence-electron chi connectivity index (χ3n) is 6.15. The summed E-state index contributed by atoms with van der Waals surface area (Å²) in [6, 6.07) is 15.9. The molecule has 34 heavy (non-hydrogen) atoms. The smallest absolute Gasteiger partial charge is 0.248 e. The minimum atomic E-state index is -0.943. The first-order valence-electron chi connectivity index (χ1n) is 11.6. The van der Waals surface area contributed by atoms with Crippen molar-refractivity contribution in [1.82, 2.24) is 5.32 Å². The molecule has 0 spiro atoms. The highest BCUT2D eigenvalue weighted by Gasteiger charge is 2.34. The Hall–Kier alpha value is -3.19. The normalized spacial score (nSPS) is 14.9. The van der Waals surface area contributed by atoms with Crippen molar-refractivity contribution in [2.75, 3.05) is 12.0 Å². The monoisotopic (exact) mass is 480 g/mol. The molecule has 3 aromatic rings. The Morgan fingerprint density at radius 1 is 1.09 bits per heavy atom. The molecule has 1 aromatic heterocycles. The zero-order chi connectivity index (χ0) is 23.9. The lowest BCUT2D eigenvalue weighted by Crippen LogP contribution is -2.47. The molecule has 1 unspecified atom stereocenters. The van der Waals surface area contributed by atoms with Crippen LogP contribution in [0.2, 0.25) is 0 Å². The van der Waals surface area contributed by atoms with Gasteiger partial charge in [0.05, 0.1) is 13.5 Å². The van der Waals surface area contributed by atoms with E-state index in [4.69, 9.17) is 4.74 Å². The molecule has 1 N–H and O–H groups in total. The van der Waals surface area contributed by atoms with E-state index < -0.39 is 11.9 Å². The van der Waals surface area contributed by atoms with Crippen LogP contribution in [0.25, 0.3) is 0 Å². The SMILES string of the molecule is COc1cccc(N(C(=O)Cc2cccs2)C(C(=O)NC2CCCCC2)c2ccc(F)cc2)c1. The highest BCUT2D eigenvalue weighted by molar-refractivity contribution is 7.10. The van der Waals surface area contributed by atoms with Crippen LogP contribution in [-0.4, -0.2) is 25.0 Å². The molecule has 4 rings (SSSR count). The fraction of sp³-hybridized carbons (Fsp3) is 0.333. The number of nitrogens with one attached hydrogen (secondary N) is 1. The Morgan fingerprint density at radius 2 is 1.85 bits per heavy atom. The number of hydrogen-bond donors (Lipinski definition) is 1. The van der Waals surface area contributed by atoms with Gasteiger partial charge in [-0.2, -0.15) is 0 Å². The van der Waals surface area contributed by atoms with E-state index >= 15 is 0 Å². The second kappa shape index (κ2) is 11.3. The van der Waals surface area contributed by atoms with Crippen LogP contribution >= 0.6 is 11.3 Å². The number of amides is 2. The molecule has 1 atom stereocenters. The highest BCUT2D eigenvalue weighted by Crippen LogP contribution is 2.32. The molecule has 2 amide bonds. The first-order chi connectivity index (χ1) is 16.5. The molecule has 178 valence electrons. The Labute approximate surface area is 203 Å². The highest BCUT2D eigenvalue weighted by atomic mass is 32.1. The molecule has 0 radical (unpaired) electrons. The lowest BCUT2D eigenvalue weighted by Gasteiger charge is -2.33. The zero-order valence-electron chi connectivity index (χ0n) is 19.2. The van der Waals surface area contributed by atoms with Crippen molar-refractivity contribution in [3.8, 4) is 5.75 Å². The van der Waals surface area contributed by atoms with Crippen molar-refractivity contribution in [2.45, 2.75) is 50.6 Å². The van der Waals surface area contributed by atoms with Gasteiger partial charge in [-0.15, -0.1) is 11.3 Å². The molecule has 0 aliphatic heterocycles. The van der Waals surface area contributed by atoms with Gasteiger partial charge in [0.15, 0.2) is 0 Å². The molecular formula is C27H29FN2O3S. The van der Waals surface area contributed by atoms with E-state index in [1.807, 2.05) is 17.5 Å². The number of nitrogens with zero attached hydrogens (tertiary/aromatic N) is 1. The first-order valence-corrected chi connectivity index (χ1v) is 12.5. The molecule has 7 heteroatoms. The first kappa shape index (κ1) is 24.0. The summed E-state index contributed by atoms with van der Waals surface area (Å²) in [5.41, 5.74) is 1.10. The Morgan fingerprint density at radius 3 is 2.53 bits per heavy atom. The van der Waals surface area contributed by atoms with E-state index in [0.717, 1.165) is 30.6 Å². The lowest BCUT2D eigenvalue weighted by molar-refractivity contribution is -0.127. The number of carbonyl (C=O) groups is 2. The fourth-order valence-electron chi connectivity index (χ4n) is 4.43. The minimum absolute atomic E-state index is 0.0729. The maximum Gasteiger partial charge on any atom is 0.248 e. The number of rotatable bonds is 8. The van der Waals surface area contributed by atoms with Gasteiger partial charge in [0.1, 0.15) is 17.6 Å². The molecule has 0 bridgehead atoms. The van der Waals surface area contributed by atoms with Crippen molar-refractivity contribution >= 4 is 28.8 Å². The van der Waals surface area contributed by atoms with Crippen molar-refractivity contribution in [1.29, 1.82) is 0 Å². The van der Waals surface area contributed by atoms with E-state index in [1.54, 1.807) is 43.5 Å². The molecule has 1 heterocycles. The summed E-state index contributed by atoms with van der Waals surface area (Å²) < 4.78 is 19.1. The average molecular weight is 481 g/mol. The third-order valence-corrected chi connectivity index (χ3v) is 7.03. The zero-order valence-corrected chi connectivity index (χ0v) is 20.0. The molecule has 1 aliphatic carbocycles. The number of thiophene rings is 1. The van der Waals surface area contributed by atoms with Crippen molar-refractivity contribution < 1.29 is 18.7 Å². The number of ether oxygens (including phenoxy) is 1. The van der Waals surface area contributed by atoms with Gasteiger partial charge in [-0.3, -0.25) is 14.5 Å². The topological polar surface area (TPSA) is 58.6 Å². The van der Waals surface area contributed by atoms with Crippen molar-refractivity contribution in [3.63, 3.8) is 0 Å². The number of hydrogen-bond acceptors (Lipinski definition) is 4. The Kier molecular flexibility index (Phi) is 7.95. The maximum absolute atomic E-state index is 13.8. The predicted molar refractivity (Wildman–Crippen MR) is 133 cm³/mol. The van der Waals surface area contributed by atoms with Crippen LogP contribution in [0, 0.1) is 5.82 Å². The van der Waals surface area contributed by atoms with E-state index in [9.17, 15) is 14.0 Å². The lowest BCUT2D eigenvalue weighted by atomic mass is 9.94. The Bertz CT molecular complexity index is 1100. The van der Waals surface area contributed by atoms with Gasteiger partial charge in [-0.1, -0.05) is 43.5 Å². The van der Waals surface area contributed by atoms with Gasteiger partial charge in [0.2, 0.25) is 11.8 Å². The van der Waals surface area contributed by atoms with Gasteiger partial charge in [-0.25, -0.2) is 4.39 Å². The molecule has 0 saturated heterocycles. The van der Waals surface area contributed by atoms with Gasteiger partial charge in [0.25, 0.3) is 0 Å². The number of halogens is 1. The van der Waals surface area contributed by atoms with Crippen molar-refractivity contribution in [3.05, 3.63) is 82.3 Å². The summed E-state index contributed by atoms with van der Waals surface area (Å²) in [5.74, 6) is -0.297. The van der Waals surface area contributed by atoms with E-state index in [-0.39, 0.29) is 24.3 Å². The summed E-state index contributed by atoms with van der Waals surface area (Å²) in [6.45, 7) is 0. The molecule has 5 nitrogen and oxygen atoms in total. The maximum atomic E-state index is 13.8. The molecular weight excluding hydrogens is 451 g/mol. The van der Waals surface area contributed by atoms with Crippen LogP contribution in [-0.2, 0) is 16.0 Å². The van der Waals surface area contributed by atoms with E-state index in [2.05, 4.69) is 5.32 Å². The number of anilines is 1. The summed E-state index contributed by atoms with van der Waals surface area (Å²) in [5, 5.41) is 5.09. The van der Waals surface area contributed by atoms with Gasteiger partial charge < -0.3 is 10.1 Å². The van der Waals surface area contributed by atoms with Crippen LogP contribution in [0.15, 0.2) is 66.0 Å². The second-order valence-corrected chi connectivity index (χ2v) is 9.55. The van der Waals surface area contributed by atoms with Crippen LogP contribution in [0.3, 0.4) is 0 Å². The van der Waals surface area contributed by atoms with Crippen LogP contribution < -0.4 is 15.0 Å². The molecule has 2 aromatic carbocycles. The van der Waals surface area contributed by atoms with E-state index in [0.29, 0.717) is 17.0 Å². The largest absolute Gasteiger partial charge is 0.497 e. The van der Waals surface area contributed by atoms with Crippen LogP contribution in [0.5, 0.6) is 5.75 Å². The summed E-state index contributed by atoms with van der Waals surface area (Å²) in [4.78, 5) is 29.9. The minimum Gasteiger partial charge on any atom is -0.497 e. The van der Waals surface area contributed by atoms with Gasteiger partial charge >= 0.3 is 0 Å².